The van der Waals surface area contributed by atoms with Gasteiger partial charge < -0.3 is 31.0 Å². The molecule has 2 aliphatic heterocycles. The molecule has 5 rings (SSSR count). The van der Waals surface area contributed by atoms with Crippen molar-refractivity contribution >= 4 is 34.5 Å². The number of benzene rings is 1. The standard InChI is InChI=1S/C23H23N7O3/c31-21(27-14-5-7-15(8-6-14)33-16-9-11-24-12-10-16)19-20(26-13-25-19)22(32)30-23-28-17-3-1-2-4-18(17)29-23/h1,3,5-8,16,24-26H,9-13H2,(H,27,31)(H2,28,29,30,32)/p+1. The third-order valence-corrected chi connectivity index (χ3v) is 5.52. The summed E-state index contributed by atoms with van der Waals surface area (Å²) in [5.41, 5.74) is 2.18. The zero-order valence-electron chi connectivity index (χ0n) is 17.8. The molecule has 168 valence electrons. The summed E-state index contributed by atoms with van der Waals surface area (Å²) in [5.74, 6) is 0.134. The minimum Gasteiger partial charge on any atom is -0.490 e. The molecule has 0 saturated carbocycles. The van der Waals surface area contributed by atoms with Crippen LogP contribution in [-0.2, 0) is 9.59 Å². The molecule has 1 aromatic heterocycles. The Morgan fingerprint density at radius 1 is 1.03 bits per heavy atom. The molecule has 0 aliphatic carbocycles. The normalized spacial score (nSPS) is 16.0. The lowest BCUT2D eigenvalue weighted by Gasteiger charge is -2.21. The van der Waals surface area contributed by atoms with E-state index in [4.69, 9.17) is 4.74 Å². The number of carbonyl (C=O) groups excluding carboxylic acids is 2. The molecule has 1 saturated heterocycles. The number of aromatic nitrogens is 2. The van der Waals surface area contributed by atoms with Crippen LogP contribution in [0.25, 0.3) is 11.0 Å². The van der Waals surface area contributed by atoms with E-state index < -0.39 is 11.8 Å². The molecule has 0 radical (unpaired) electrons. The van der Waals surface area contributed by atoms with E-state index in [2.05, 4.69) is 48.7 Å². The van der Waals surface area contributed by atoms with E-state index in [1.807, 2.05) is 12.1 Å². The van der Waals surface area contributed by atoms with Crippen LogP contribution in [0, 0.1) is 12.1 Å². The molecule has 0 atom stereocenters. The fourth-order valence-corrected chi connectivity index (χ4v) is 3.87. The molecule has 0 spiro atoms. The molecule has 3 heterocycles. The molecule has 2 aliphatic rings. The Morgan fingerprint density at radius 3 is 2.48 bits per heavy atom. The van der Waals surface area contributed by atoms with Crippen molar-refractivity contribution in [2.45, 2.75) is 18.9 Å². The van der Waals surface area contributed by atoms with E-state index in [-0.39, 0.29) is 30.1 Å². The fraction of sp³-hybridized carbons (Fsp3) is 0.261. The average molecular weight is 446 g/mol. The summed E-state index contributed by atoms with van der Waals surface area (Å²) in [5, 5.41) is 13.6. The summed E-state index contributed by atoms with van der Waals surface area (Å²) in [6.45, 7) is 2.43. The van der Waals surface area contributed by atoms with E-state index in [0.29, 0.717) is 16.7 Å². The summed E-state index contributed by atoms with van der Waals surface area (Å²) in [7, 11) is 0. The van der Waals surface area contributed by atoms with Crippen LogP contribution in [0.15, 0.2) is 47.8 Å². The number of nitrogens with zero attached hydrogens (tertiary/aromatic N) is 1. The molecule has 1 fully saturated rings. The number of ether oxygens (including phenoxy) is 1. The Bertz CT molecular complexity index is 1160. The first kappa shape index (κ1) is 20.7. The number of carbonyl (C=O) groups is 2. The van der Waals surface area contributed by atoms with Crippen LogP contribution in [-0.4, -0.2) is 47.6 Å². The average Bonchev–Trinajstić information content (AvgIpc) is 3.48. The summed E-state index contributed by atoms with van der Waals surface area (Å²) >= 11 is 0. The van der Waals surface area contributed by atoms with Gasteiger partial charge in [0.2, 0.25) is 5.95 Å². The largest absolute Gasteiger partial charge is 0.490 e. The van der Waals surface area contributed by atoms with Crippen molar-refractivity contribution in [1.82, 2.24) is 20.6 Å². The van der Waals surface area contributed by atoms with Crippen molar-refractivity contribution in [3.05, 3.63) is 59.9 Å². The van der Waals surface area contributed by atoms with E-state index in [0.717, 1.165) is 31.7 Å². The molecular formula is C23H24N7O3+. The van der Waals surface area contributed by atoms with Gasteiger partial charge in [0, 0.05) is 18.5 Å². The zero-order chi connectivity index (χ0) is 22.6. The maximum absolute atomic E-state index is 12.8. The van der Waals surface area contributed by atoms with Gasteiger partial charge in [0.15, 0.2) is 0 Å². The molecule has 10 nitrogen and oxygen atoms in total. The molecule has 2 amide bonds. The van der Waals surface area contributed by atoms with Gasteiger partial charge in [-0.25, -0.2) is 4.98 Å². The smallest absolute Gasteiger partial charge is 0.276 e. The maximum Gasteiger partial charge on any atom is 0.276 e. The Balaban J connectivity index is 1.23. The van der Waals surface area contributed by atoms with Gasteiger partial charge in [-0.15, -0.1) is 0 Å². The summed E-state index contributed by atoms with van der Waals surface area (Å²) in [6, 6.07) is 16.4. The number of nitrogens with two attached hydrogens (primary N) is 1. The number of amides is 2. The second-order valence-corrected chi connectivity index (χ2v) is 7.84. The van der Waals surface area contributed by atoms with E-state index in [9.17, 15) is 9.59 Å². The topological polar surface area (TPSA) is 137 Å². The highest BCUT2D eigenvalue weighted by molar-refractivity contribution is 6.13. The number of piperidine rings is 1. The van der Waals surface area contributed by atoms with Crippen molar-refractivity contribution in [1.29, 1.82) is 0 Å². The first-order valence-corrected chi connectivity index (χ1v) is 10.9. The Labute approximate surface area is 190 Å². The minimum absolute atomic E-state index is 0.137. The second-order valence-electron chi connectivity index (χ2n) is 7.84. The third kappa shape index (κ3) is 4.68. The van der Waals surface area contributed by atoms with E-state index >= 15 is 0 Å². The van der Waals surface area contributed by atoms with Crippen molar-refractivity contribution in [3.8, 4) is 5.75 Å². The highest BCUT2D eigenvalue weighted by Crippen LogP contribution is 2.20. The quantitative estimate of drug-likeness (QED) is 0.320. The lowest BCUT2D eigenvalue weighted by atomic mass is 10.1. The van der Waals surface area contributed by atoms with Crippen molar-refractivity contribution in [3.63, 3.8) is 0 Å². The molecule has 33 heavy (non-hydrogen) atoms. The minimum atomic E-state index is -0.485. The monoisotopic (exact) mass is 446 g/mol. The summed E-state index contributed by atoms with van der Waals surface area (Å²) in [6.07, 6.45) is 2.29. The first-order chi connectivity index (χ1) is 16.2. The predicted molar refractivity (Wildman–Crippen MR) is 121 cm³/mol. The lowest BCUT2D eigenvalue weighted by molar-refractivity contribution is -0.664. The fourth-order valence-electron chi connectivity index (χ4n) is 3.87. The van der Waals surface area contributed by atoms with Gasteiger partial charge in [0.05, 0.1) is 25.3 Å². The van der Waals surface area contributed by atoms with Gasteiger partial charge in [-0.3, -0.25) is 14.9 Å². The second kappa shape index (κ2) is 9.10. The van der Waals surface area contributed by atoms with E-state index in [1.165, 1.54) is 0 Å². The number of nitrogens with one attached hydrogen (secondary N) is 5. The molecular weight excluding hydrogens is 422 g/mol. The Hall–Kier alpha value is -4.23. The van der Waals surface area contributed by atoms with Gasteiger partial charge in [-0.05, 0) is 42.5 Å². The summed E-state index contributed by atoms with van der Waals surface area (Å²) < 4.78 is 6.01. The number of hydrogen-bond acceptors (Lipinski definition) is 6. The number of imidazole rings is 1. The van der Waals surface area contributed by atoms with Crippen molar-refractivity contribution < 1.29 is 19.6 Å². The molecule has 3 aromatic rings. The molecule has 7 N–H and O–H groups in total. The Kier molecular flexibility index (Phi) is 5.70. The highest BCUT2D eigenvalue weighted by atomic mass is 16.5. The van der Waals surface area contributed by atoms with Gasteiger partial charge >= 0.3 is 0 Å². The van der Waals surface area contributed by atoms with E-state index in [1.54, 1.807) is 24.3 Å². The van der Waals surface area contributed by atoms with Gasteiger partial charge in [0.1, 0.15) is 28.8 Å². The Morgan fingerprint density at radius 2 is 1.76 bits per heavy atom. The van der Waals surface area contributed by atoms with Crippen LogP contribution in [0.4, 0.5) is 11.6 Å². The third-order valence-electron chi connectivity index (χ3n) is 5.52. The zero-order valence-corrected chi connectivity index (χ0v) is 17.8. The number of aromatic amines is 1. The van der Waals surface area contributed by atoms with Crippen molar-refractivity contribution in [2.24, 2.45) is 0 Å². The SMILES string of the molecule is O=C(Nc1ccc(OC2CC[NH2+]CC2)cc1)C1=C(C(=O)Nc2nc3ccc#cc3[nH]2)NCN1. The first-order valence-electron chi connectivity index (χ1n) is 10.9. The predicted octanol–water partition coefficient (Wildman–Crippen LogP) is 0.207. The van der Waals surface area contributed by atoms with Crippen LogP contribution in [0.3, 0.4) is 0 Å². The number of hydrogen-bond donors (Lipinski definition) is 6. The van der Waals surface area contributed by atoms with Crippen LogP contribution in [0.5, 0.6) is 5.75 Å². The highest BCUT2D eigenvalue weighted by Gasteiger charge is 2.26. The number of quaternary nitrogens is 1. The lowest BCUT2D eigenvalue weighted by Crippen LogP contribution is -2.86. The van der Waals surface area contributed by atoms with Gasteiger partial charge in [-0.2, -0.15) is 0 Å². The van der Waals surface area contributed by atoms with Crippen LogP contribution >= 0.6 is 0 Å². The van der Waals surface area contributed by atoms with Crippen LogP contribution in [0.1, 0.15) is 12.8 Å². The number of fused-ring (bicyclic) bond motifs is 1. The van der Waals surface area contributed by atoms with Gasteiger partial charge in [0.25, 0.3) is 11.8 Å². The number of H-pyrrole nitrogens is 1. The molecule has 2 aromatic carbocycles. The maximum atomic E-state index is 12.8. The van der Waals surface area contributed by atoms with Crippen LogP contribution in [0.2, 0.25) is 0 Å². The van der Waals surface area contributed by atoms with Crippen LogP contribution < -0.4 is 31.3 Å². The molecule has 0 bridgehead atoms. The number of rotatable bonds is 6. The summed E-state index contributed by atoms with van der Waals surface area (Å²) in [4.78, 5) is 32.8. The molecule has 10 heteroatoms. The van der Waals surface area contributed by atoms with Gasteiger partial charge in [-0.1, -0.05) is 6.07 Å². The molecule has 0 unspecified atom stereocenters. The van der Waals surface area contributed by atoms with Crippen molar-refractivity contribution in [2.75, 3.05) is 30.4 Å². The number of anilines is 2.